The highest BCUT2D eigenvalue weighted by molar-refractivity contribution is 8.14. The fraction of sp³-hybridized carbons (Fsp3) is 0.655. The molecule has 2 N–H and O–H groups in total. The Morgan fingerprint density at radius 3 is 2.26 bits per heavy atom. The first-order valence-electron chi connectivity index (χ1n) is 14.2. The molecule has 1 atom stereocenters. The summed E-state index contributed by atoms with van der Waals surface area (Å²) < 4.78 is 0. The molecule has 1 unspecified atom stereocenters. The van der Waals surface area contributed by atoms with Crippen molar-refractivity contribution in [2.24, 2.45) is 16.9 Å². The van der Waals surface area contributed by atoms with Gasteiger partial charge in [0.15, 0.2) is 5.17 Å². The molecule has 1 aromatic carbocycles. The van der Waals surface area contributed by atoms with E-state index in [1.165, 1.54) is 11.1 Å². The Balaban J connectivity index is 1.37. The SMILES string of the molecule is CN(C)Cc1ccc(CN2CCSC2=NNC(=O)C(=O)C(NC(=O)C2CCCCC2)C2CCCCC2)cc1. The van der Waals surface area contributed by atoms with Crippen LogP contribution < -0.4 is 10.7 Å². The Morgan fingerprint density at radius 2 is 1.61 bits per heavy atom. The normalized spacial score (nSPS) is 21.0. The van der Waals surface area contributed by atoms with Gasteiger partial charge in [0.25, 0.3) is 0 Å². The molecular weight excluding hydrogens is 498 g/mol. The van der Waals surface area contributed by atoms with Gasteiger partial charge in [-0.1, -0.05) is 74.6 Å². The van der Waals surface area contributed by atoms with Crippen LogP contribution in [0.5, 0.6) is 0 Å². The molecule has 0 bridgehead atoms. The number of amidine groups is 1. The lowest BCUT2D eigenvalue weighted by molar-refractivity contribution is -0.141. The molecule has 2 saturated carbocycles. The van der Waals surface area contributed by atoms with Gasteiger partial charge in [0.2, 0.25) is 11.7 Å². The molecule has 1 heterocycles. The molecule has 3 fully saturated rings. The number of nitrogens with zero attached hydrogens (tertiary/aromatic N) is 3. The molecule has 0 radical (unpaired) electrons. The molecule has 8 nitrogen and oxygen atoms in total. The fourth-order valence-electron chi connectivity index (χ4n) is 5.82. The second-order valence-electron chi connectivity index (χ2n) is 11.2. The predicted octanol–water partition coefficient (Wildman–Crippen LogP) is 3.90. The molecule has 3 aliphatic rings. The number of hydrogen-bond acceptors (Lipinski definition) is 6. The molecule has 2 aliphatic carbocycles. The third kappa shape index (κ3) is 8.06. The Labute approximate surface area is 231 Å². The molecule has 0 aromatic heterocycles. The number of hydrogen-bond donors (Lipinski definition) is 2. The lowest BCUT2D eigenvalue weighted by atomic mass is 9.81. The molecule has 1 aromatic rings. The van der Waals surface area contributed by atoms with Gasteiger partial charge in [-0.3, -0.25) is 14.4 Å². The van der Waals surface area contributed by atoms with Crippen LogP contribution in [0.3, 0.4) is 0 Å². The van der Waals surface area contributed by atoms with Crippen LogP contribution in [-0.2, 0) is 27.5 Å². The van der Waals surface area contributed by atoms with Crippen molar-refractivity contribution in [3.8, 4) is 0 Å². The second-order valence-corrected chi connectivity index (χ2v) is 12.3. The number of nitrogens with one attached hydrogen (secondary N) is 2. The summed E-state index contributed by atoms with van der Waals surface area (Å²) in [6, 6.07) is 7.78. The van der Waals surface area contributed by atoms with Gasteiger partial charge in [0.1, 0.15) is 6.04 Å². The highest BCUT2D eigenvalue weighted by atomic mass is 32.2. The van der Waals surface area contributed by atoms with Crippen molar-refractivity contribution in [2.75, 3.05) is 26.4 Å². The summed E-state index contributed by atoms with van der Waals surface area (Å²) in [4.78, 5) is 43.6. The average molecular weight is 542 g/mol. The van der Waals surface area contributed by atoms with E-state index >= 15 is 0 Å². The van der Waals surface area contributed by atoms with E-state index in [9.17, 15) is 14.4 Å². The predicted molar refractivity (Wildman–Crippen MR) is 152 cm³/mol. The Kier molecular flexibility index (Phi) is 10.6. The first-order chi connectivity index (χ1) is 18.4. The van der Waals surface area contributed by atoms with Gasteiger partial charge >= 0.3 is 5.91 Å². The van der Waals surface area contributed by atoms with Crippen LogP contribution in [0.2, 0.25) is 0 Å². The third-order valence-electron chi connectivity index (χ3n) is 7.91. The zero-order valence-corrected chi connectivity index (χ0v) is 23.7. The minimum Gasteiger partial charge on any atom is -0.345 e. The first-order valence-corrected chi connectivity index (χ1v) is 15.2. The van der Waals surface area contributed by atoms with Crippen molar-refractivity contribution in [1.29, 1.82) is 0 Å². The van der Waals surface area contributed by atoms with E-state index in [1.54, 1.807) is 11.8 Å². The van der Waals surface area contributed by atoms with Crippen LogP contribution in [0.4, 0.5) is 0 Å². The minimum absolute atomic E-state index is 0.00927. The maximum Gasteiger partial charge on any atom is 0.309 e. The smallest absolute Gasteiger partial charge is 0.309 e. The Bertz CT molecular complexity index is 984. The summed E-state index contributed by atoms with van der Waals surface area (Å²) in [5.74, 6) is -0.541. The number of thioether (sulfide) groups is 1. The van der Waals surface area contributed by atoms with Gasteiger partial charge in [0.05, 0.1) is 0 Å². The summed E-state index contributed by atoms with van der Waals surface area (Å²) in [5.41, 5.74) is 4.96. The van der Waals surface area contributed by atoms with Crippen LogP contribution in [0.25, 0.3) is 0 Å². The molecule has 4 rings (SSSR count). The largest absolute Gasteiger partial charge is 0.345 e. The minimum atomic E-state index is -0.766. The van der Waals surface area contributed by atoms with Gasteiger partial charge < -0.3 is 15.1 Å². The van der Waals surface area contributed by atoms with Crippen LogP contribution in [-0.4, -0.2) is 65.0 Å². The lowest BCUT2D eigenvalue weighted by Crippen LogP contribution is -2.52. The number of carbonyl (C=O) groups is 3. The fourth-order valence-corrected chi connectivity index (χ4v) is 6.76. The van der Waals surface area contributed by atoms with E-state index in [-0.39, 0.29) is 17.7 Å². The molecular formula is C29H43N5O3S. The van der Waals surface area contributed by atoms with Crippen molar-refractivity contribution in [3.63, 3.8) is 0 Å². The highest BCUT2D eigenvalue weighted by Crippen LogP contribution is 2.29. The molecule has 1 saturated heterocycles. The van der Waals surface area contributed by atoms with E-state index < -0.39 is 17.7 Å². The van der Waals surface area contributed by atoms with Gasteiger partial charge in [-0.25, -0.2) is 5.43 Å². The van der Waals surface area contributed by atoms with E-state index in [0.29, 0.717) is 11.7 Å². The van der Waals surface area contributed by atoms with Crippen LogP contribution >= 0.6 is 11.8 Å². The maximum atomic E-state index is 13.3. The van der Waals surface area contributed by atoms with Crippen molar-refractivity contribution in [1.82, 2.24) is 20.5 Å². The zero-order valence-electron chi connectivity index (χ0n) is 22.9. The van der Waals surface area contributed by atoms with Crippen molar-refractivity contribution >= 4 is 34.5 Å². The summed E-state index contributed by atoms with van der Waals surface area (Å²) in [5, 5.41) is 8.06. The first kappa shape index (κ1) is 28.6. The zero-order chi connectivity index (χ0) is 26.9. The van der Waals surface area contributed by atoms with Gasteiger partial charge in [-0.05, 0) is 56.8 Å². The standard InChI is InChI=1S/C29H43N5O3S/c1-33(2)19-21-13-15-22(16-14-21)20-34-17-18-38-29(34)32-31-28(37)26(35)25(23-9-5-3-6-10-23)30-27(36)24-11-7-4-8-12-24/h13-16,23-25H,3-12,17-20H2,1-2H3,(H,30,36)(H,31,37). The second kappa shape index (κ2) is 14.1. The summed E-state index contributed by atoms with van der Waals surface area (Å²) in [7, 11) is 4.11. The van der Waals surface area contributed by atoms with Gasteiger partial charge in [0, 0.05) is 31.3 Å². The molecule has 1 aliphatic heterocycles. The monoisotopic (exact) mass is 541 g/mol. The number of benzene rings is 1. The highest BCUT2D eigenvalue weighted by Gasteiger charge is 2.36. The molecule has 208 valence electrons. The van der Waals surface area contributed by atoms with E-state index in [2.05, 4.69) is 64.0 Å². The van der Waals surface area contributed by atoms with Gasteiger partial charge in [-0.2, -0.15) is 0 Å². The van der Waals surface area contributed by atoms with Crippen LogP contribution in [0.15, 0.2) is 29.4 Å². The number of ketones is 1. The summed E-state index contributed by atoms with van der Waals surface area (Å²) in [6.07, 6.45) is 9.90. The molecule has 0 spiro atoms. The number of rotatable bonds is 10. The lowest BCUT2D eigenvalue weighted by Gasteiger charge is -2.31. The Morgan fingerprint density at radius 1 is 0.974 bits per heavy atom. The summed E-state index contributed by atoms with van der Waals surface area (Å²) >= 11 is 1.57. The van der Waals surface area contributed by atoms with Crippen molar-refractivity contribution in [2.45, 2.75) is 83.3 Å². The number of carbonyl (C=O) groups excluding carboxylic acids is 3. The third-order valence-corrected chi connectivity index (χ3v) is 8.91. The van der Waals surface area contributed by atoms with Crippen molar-refractivity contribution in [3.05, 3.63) is 35.4 Å². The van der Waals surface area contributed by atoms with Crippen LogP contribution in [0, 0.1) is 11.8 Å². The van der Waals surface area contributed by atoms with E-state index in [1.807, 2.05) is 0 Å². The quantitative estimate of drug-likeness (QED) is 0.345. The maximum absolute atomic E-state index is 13.3. The van der Waals surface area contributed by atoms with Crippen LogP contribution in [0.1, 0.15) is 75.3 Å². The average Bonchev–Trinajstić information content (AvgIpc) is 3.38. The molecule has 38 heavy (non-hydrogen) atoms. The summed E-state index contributed by atoms with van der Waals surface area (Å²) in [6.45, 7) is 2.42. The molecule has 9 heteroatoms. The number of Topliss-reactive ketones (excluding diaryl/α,β-unsaturated/α-hetero) is 1. The van der Waals surface area contributed by atoms with Crippen molar-refractivity contribution < 1.29 is 14.4 Å². The van der Waals surface area contributed by atoms with E-state index in [4.69, 9.17) is 0 Å². The molecule has 2 amide bonds. The number of amides is 2. The van der Waals surface area contributed by atoms with Gasteiger partial charge in [-0.15, -0.1) is 5.10 Å². The Hall–Kier alpha value is -2.39. The topological polar surface area (TPSA) is 94.1 Å². The van der Waals surface area contributed by atoms with E-state index in [0.717, 1.165) is 83.1 Å². The number of hydrazone groups is 1.